The Hall–Kier alpha value is -2.90. The lowest BCUT2D eigenvalue weighted by atomic mass is 10.2. The molecule has 2 amide bonds. The normalized spacial score (nSPS) is 10.4. The maximum absolute atomic E-state index is 12.7. The summed E-state index contributed by atoms with van der Waals surface area (Å²) in [6.45, 7) is 1.70. The van der Waals surface area contributed by atoms with E-state index >= 15 is 0 Å². The molecule has 0 atom stereocenters. The van der Waals surface area contributed by atoms with Crippen molar-refractivity contribution in [1.82, 2.24) is 10.3 Å². The van der Waals surface area contributed by atoms with E-state index in [4.69, 9.17) is 16.3 Å². The van der Waals surface area contributed by atoms with Crippen molar-refractivity contribution >= 4 is 40.4 Å². The summed E-state index contributed by atoms with van der Waals surface area (Å²) in [5.74, 6) is -0.00274. The van der Waals surface area contributed by atoms with Gasteiger partial charge in [-0.3, -0.25) is 9.59 Å². The molecule has 6 nitrogen and oxygen atoms in total. The highest BCUT2D eigenvalue weighted by molar-refractivity contribution is 7.17. The van der Waals surface area contributed by atoms with Crippen molar-refractivity contribution in [3.8, 4) is 16.3 Å². The molecule has 0 saturated carbocycles. The summed E-state index contributed by atoms with van der Waals surface area (Å²) < 4.78 is 5.40. The van der Waals surface area contributed by atoms with Crippen LogP contribution in [0.15, 0.2) is 48.5 Å². The minimum Gasteiger partial charge on any atom is -0.484 e. The molecule has 0 aliphatic carbocycles. The number of hydrogen-bond donors (Lipinski definition) is 2. The summed E-state index contributed by atoms with van der Waals surface area (Å²) in [7, 11) is 1.54. The third-order valence-corrected chi connectivity index (χ3v) is 5.26. The third kappa shape index (κ3) is 4.88. The van der Waals surface area contributed by atoms with Crippen LogP contribution in [0.2, 0.25) is 5.02 Å². The molecule has 3 rings (SSSR count). The van der Waals surface area contributed by atoms with Crippen LogP contribution in [0.3, 0.4) is 0 Å². The van der Waals surface area contributed by atoms with Crippen molar-refractivity contribution in [3.63, 3.8) is 0 Å². The molecular weight excluding hydrogens is 398 g/mol. The number of ether oxygens (including phenoxy) is 1. The van der Waals surface area contributed by atoms with Crippen LogP contribution in [0, 0.1) is 6.92 Å². The van der Waals surface area contributed by atoms with Gasteiger partial charge < -0.3 is 15.4 Å². The van der Waals surface area contributed by atoms with E-state index in [1.54, 1.807) is 37.3 Å². The van der Waals surface area contributed by atoms with Gasteiger partial charge in [-0.1, -0.05) is 29.8 Å². The van der Waals surface area contributed by atoms with Gasteiger partial charge in [-0.15, -0.1) is 11.3 Å². The number of nitrogens with zero attached hydrogens (tertiary/aromatic N) is 1. The van der Waals surface area contributed by atoms with Gasteiger partial charge >= 0.3 is 0 Å². The Morgan fingerprint density at radius 2 is 1.96 bits per heavy atom. The molecule has 0 aliphatic rings. The molecule has 0 radical (unpaired) electrons. The molecule has 1 heterocycles. The monoisotopic (exact) mass is 415 g/mol. The van der Waals surface area contributed by atoms with Gasteiger partial charge in [-0.2, -0.15) is 0 Å². The second kappa shape index (κ2) is 8.86. The van der Waals surface area contributed by atoms with Gasteiger partial charge in [0.2, 0.25) is 0 Å². The second-order valence-electron chi connectivity index (χ2n) is 5.89. The number of aryl methyl sites for hydroxylation is 1. The highest BCUT2D eigenvalue weighted by Gasteiger charge is 2.17. The van der Waals surface area contributed by atoms with Crippen LogP contribution in [-0.4, -0.2) is 30.5 Å². The Bertz CT molecular complexity index is 1020. The number of aromatic nitrogens is 1. The molecule has 2 N–H and O–H groups in total. The fourth-order valence-electron chi connectivity index (χ4n) is 2.42. The molecule has 0 saturated heterocycles. The predicted molar refractivity (Wildman–Crippen MR) is 111 cm³/mol. The summed E-state index contributed by atoms with van der Waals surface area (Å²) in [5.41, 5.74) is 2.07. The molecule has 0 aliphatic heterocycles. The minimum atomic E-state index is -0.258. The van der Waals surface area contributed by atoms with E-state index in [1.165, 1.54) is 18.4 Å². The van der Waals surface area contributed by atoms with Gasteiger partial charge in [0.25, 0.3) is 11.8 Å². The van der Waals surface area contributed by atoms with E-state index < -0.39 is 0 Å². The molecule has 0 spiro atoms. The van der Waals surface area contributed by atoms with Crippen LogP contribution in [0.4, 0.5) is 5.69 Å². The second-order valence-corrected chi connectivity index (χ2v) is 7.32. The van der Waals surface area contributed by atoms with Gasteiger partial charge in [0.05, 0.1) is 5.69 Å². The van der Waals surface area contributed by atoms with E-state index in [0.717, 1.165) is 10.6 Å². The van der Waals surface area contributed by atoms with Crippen molar-refractivity contribution in [3.05, 3.63) is 64.1 Å². The van der Waals surface area contributed by atoms with Gasteiger partial charge in [0, 0.05) is 29.4 Å². The van der Waals surface area contributed by atoms with Crippen LogP contribution in [0.1, 0.15) is 15.4 Å². The molecular formula is C20H18ClN3O3S. The Balaban J connectivity index is 1.74. The first-order chi connectivity index (χ1) is 13.5. The van der Waals surface area contributed by atoms with Gasteiger partial charge in [-0.05, 0) is 31.2 Å². The maximum atomic E-state index is 12.7. The zero-order valence-electron chi connectivity index (χ0n) is 15.3. The van der Waals surface area contributed by atoms with Crippen LogP contribution in [-0.2, 0) is 4.79 Å². The largest absolute Gasteiger partial charge is 0.484 e. The lowest BCUT2D eigenvalue weighted by molar-refractivity contribution is -0.122. The quantitative estimate of drug-likeness (QED) is 0.633. The summed E-state index contributed by atoms with van der Waals surface area (Å²) in [6.07, 6.45) is 0. The fraction of sp³-hybridized carbons (Fsp3) is 0.150. The van der Waals surface area contributed by atoms with Crippen molar-refractivity contribution in [2.24, 2.45) is 0 Å². The lowest BCUT2D eigenvalue weighted by Gasteiger charge is -2.08. The predicted octanol–water partition coefficient (Wildman–Crippen LogP) is 4.15. The van der Waals surface area contributed by atoms with Crippen LogP contribution in [0.5, 0.6) is 5.75 Å². The smallest absolute Gasteiger partial charge is 0.267 e. The molecule has 0 fully saturated rings. The van der Waals surface area contributed by atoms with Crippen molar-refractivity contribution < 1.29 is 14.3 Å². The first-order valence-corrected chi connectivity index (χ1v) is 9.64. The molecule has 0 unspecified atom stereocenters. The van der Waals surface area contributed by atoms with E-state index in [9.17, 15) is 9.59 Å². The number of carbonyl (C=O) groups excluding carboxylic acids is 2. The Labute approximate surface area is 171 Å². The number of anilines is 1. The van der Waals surface area contributed by atoms with E-state index in [0.29, 0.717) is 27.0 Å². The Kier molecular flexibility index (Phi) is 6.28. The summed E-state index contributed by atoms with van der Waals surface area (Å²) >= 11 is 7.35. The standard InChI is InChI=1S/C20H18ClN3O3S/c1-12-18(28-20(23-12)13-5-3-6-14(21)9-13)19(26)24-15-7-4-8-16(10-15)27-11-17(25)22-2/h3-10H,11H2,1-2H3,(H,22,25)(H,24,26). The average molecular weight is 416 g/mol. The van der Waals surface area contributed by atoms with E-state index in [-0.39, 0.29) is 18.4 Å². The van der Waals surface area contributed by atoms with Crippen molar-refractivity contribution in [2.45, 2.75) is 6.92 Å². The lowest BCUT2D eigenvalue weighted by Crippen LogP contribution is -2.24. The number of hydrogen-bond acceptors (Lipinski definition) is 5. The highest BCUT2D eigenvalue weighted by atomic mass is 35.5. The number of carbonyl (C=O) groups is 2. The first kappa shape index (κ1) is 19.9. The Morgan fingerprint density at radius 1 is 1.18 bits per heavy atom. The van der Waals surface area contributed by atoms with Crippen LogP contribution < -0.4 is 15.4 Å². The van der Waals surface area contributed by atoms with Crippen molar-refractivity contribution in [1.29, 1.82) is 0 Å². The number of halogens is 1. The maximum Gasteiger partial charge on any atom is 0.267 e. The number of amides is 2. The molecule has 0 bridgehead atoms. The molecule has 144 valence electrons. The number of nitrogens with one attached hydrogen (secondary N) is 2. The zero-order valence-corrected chi connectivity index (χ0v) is 16.9. The molecule has 8 heteroatoms. The molecule has 28 heavy (non-hydrogen) atoms. The number of likely N-dealkylation sites (N-methyl/N-ethyl adjacent to an activating group) is 1. The summed E-state index contributed by atoms with van der Waals surface area (Å²) in [5, 5.41) is 6.67. The average Bonchev–Trinajstić information content (AvgIpc) is 3.08. The van der Waals surface area contributed by atoms with Crippen molar-refractivity contribution in [2.75, 3.05) is 19.0 Å². The van der Waals surface area contributed by atoms with Gasteiger partial charge in [-0.25, -0.2) is 4.98 Å². The third-order valence-electron chi connectivity index (χ3n) is 3.82. The summed E-state index contributed by atoms with van der Waals surface area (Å²) in [4.78, 5) is 29.0. The highest BCUT2D eigenvalue weighted by Crippen LogP contribution is 2.30. The fourth-order valence-corrected chi connectivity index (χ4v) is 3.57. The first-order valence-electron chi connectivity index (χ1n) is 8.44. The van der Waals surface area contributed by atoms with Gasteiger partial charge in [0.15, 0.2) is 6.61 Å². The number of thiazole rings is 1. The van der Waals surface area contributed by atoms with Gasteiger partial charge in [0.1, 0.15) is 15.6 Å². The molecule has 1 aromatic heterocycles. The van der Waals surface area contributed by atoms with Crippen LogP contribution >= 0.6 is 22.9 Å². The zero-order chi connectivity index (χ0) is 20.1. The van der Waals surface area contributed by atoms with E-state index in [1.807, 2.05) is 18.2 Å². The Morgan fingerprint density at radius 3 is 2.71 bits per heavy atom. The number of rotatable bonds is 6. The minimum absolute atomic E-state index is 0.0924. The number of benzene rings is 2. The SMILES string of the molecule is CNC(=O)COc1cccc(NC(=O)c2sc(-c3cccc(Cl)c3)nc2C)c1. The topological polar surface area (TPSA) is 80.3 Å². The molecule has 3 aromatic rings. The van der Waals surface area contributed by atoms with Crippen LogP contribution in [0.25, 0.3) is 10.6 Å². The molecule has 2 aromatic carbocycles. The van der Waals surface area contributed by atoms with E-state index in [2.05, 4.69) is 15.6 Å². The summed E-state index contributed by atoms with van der Waals surface area (Å²) in [6, 6.07) is 14.2.